The Bertz CT molecular complexity index is 1250. The number of aryl methyl sites for hydroxylation is 1. The van der Waals surface area contributed by atoms with Gasteiger partial charge in [-0.2, -0.15) is 5.06 Å². The van der Waals surface area contributed by atoms with Crippen LogP contribution in [0.5, 0.6) is 0 Å². The van der Waals surface area contributed by atoms with Gasteiger partial charge in [-0.15, -0.1) is 0 Å². The third kappa shape index (κ3) is 3.23. The standard InChI is InChI=1S/C23H19ClN4O4/c1-13-12-18-25-20(15-8-4-3-5-9-15)19(23-21(28(29)30)14(2)26-31-23)22(27(18)32-13)16-10-6-7-11-17(16)24/h3-12,19-20,22H,1-2H3/t19-,20+,22+/m1/s1. The van der Waals surface area contributed by atoms with E-state index in [1.165, 1.54) is 0 Å². The molecule has 9 heteroatoms. The lowest BCUT2D eigenvalue weighted by molar-refractivity contribution is -0.387. The number of fused-ring (bicyclic) bond motifs is 1. The van der Waals surface area contributed by atoms with Gasteiger partial charge < -0.3 is 9.36 Å². The fourth-order valence-corrected chi connectivity index (χ4v) is 4.63. The number of nitrogens with zero attached hydrogens (tertiary/aromatic N) is 4. The van der Waals surface area contributed by atoms with Crippen molar-refractivity contribution in [2.75, 3.05) is 0 Å². The zero-order valence-electron chi connectivity index (χ0n) is 17.3. The summed E-state index contributed by atoms with van der Waals surface area (Å²) in [5.74, 6) is 0.803. The maximum atomic E-state index is 12.0. The zero-order chi connectivity index (χ0) is 22.4. The van der Waals surface area contributed by atoms with Crippen LogP contribution in [0.15, 0.2) is 75.9 Å². The first-order valence-electron chi connectivity index (χ1n) is 10.1. The number of aromatic nitrogens is 1. The Morgan fingerprint density at radius 2 is 1.81 bits per heavy atom. The molecule has 0 saturated carbocycles. The number of hydrogen-bond acceptors (Lipinski definition) is 7. The van der Waals surface area contributed by atoms with Gasteiger partial charge in [-0.1, -0.05) is 65.3 Å². The van der Waals surface area contributed by atoms with E-state index < -0.39 is 22.9 Å². The minimum atomic E-state index is -0.623. The maximum Gasteiger partial charge on any atom is 0.334 e. The first kappa shape index (κ1) is 20.3. The summed E-state index contributed by atoms with van der Waals surface area (Å²) in [5.41, 5.74) is 1.69. The molecule has 0 fully saturated rings. The van der Waals surface area contributed by atoms with Gasteiger partial charge in [0.25, 0.3) is 0 Å². The Morgan fingerprint density at radius 3 is 2.53 bits per heavy atom. The van der Waals surface area contributed by atoms with Crippen molar-refractivity contribution in [3.63, 3.8) is 0 Å². The van der Waals surface area contributed by atoms with Crippen molar-refractivity contribution in [1.82, 2.24) is 10.2 Å². The third-order valence-corrected chi connectivity index (χ3v) is 6.06. The molecule has 3 atom stereocenters. The summed E-state index contributed by atoms with van der Waals surface area (Å²) >= 11 is 6.62. The first-order valence-corrected chi connectivity index (χ1v) is 10.5. The number of hydroxylamine groups is 2. The summed E-state index contributed by atoms with van der Waals surface area (Å²) in [6, 6.07) is 16.0. The molecule has 0 bridgehead atoms. The number of amidine groups is 1. The van der Waals surface area contributed by atoms with Crippen LogP contribution < -0.4 is 0 Å². The monoisotopic (exact) mass is 450 g/mol. The molecule has 0 spiro atoms. The van der Waals surface area contributed by atoms with Gasteiger partial charge >= 0.3 is 5.69 Å². The fourth-order valence-electron chi connectivity index (χ4n) is 4.39. The molecule has 8 nitrogen and oxygen atoms in total. The van der Waals surface area contributed by atoms with Crippen molar-refractivity contribution in [3.8, 4) is 0 Å². The second-order valence-electron chi connectivity index (χ2n) is 7.74. The van der Waals surface area contributed by atoms with Crippen molar-refractivity contribution < 1.29 is 14.3 Å². The van der Waals surface area contributed by atoms with Gasteiger partial charge in [0.1, 0.15) is 11.8 Å². The van der Waals surface area contributed by atoms with E-state index in [9.17, 15) is 10.1 Å². The van der Waals surface area contributed by atoms with E-state index in [2.05, 4.69) is 5.16 Å². The molecule has 3 aromatic rings. The van der Waals surface area contributed by atoms with Crippen LogP contribution in [-0.4, -0.2) is 21.0 Å². The average molecular weight is 451 g/mol. The lowest BCUT2D eigenvalue weighted by Gasteiger charge is -2.40. The van der Waals surface area contributed by atoms with E-state index in [1.807, 2.05) is 61.5 Å². The van der Waals surface area contributed by atoms with Gasteiger partial charge in [-0.25, -0.2) is 0 Å². The van der Waals surface area contributed by atoms with Gasteiger partial charge in [-0.05, 0) is 31.0 Å². The summed E-state index contributed by atoms with van der Waals surface area (Å²) in [6.45, 7) is 3.39. The minimum absolute atomic E-state index is 0.141. The highest BCUT2D eigenvalue weighted by Crippen LogP contribution is 2.53. The smallest absolute Gasteiger partial charge is 0.334 e. The molecule has 2 aliphatic heterocycles. The molecule has 2 aromatic carbocycles. The Kier molecular flexibility index (Phi) is 4.94. The summed E-state index contributed by atoms with van der Waals surface area (Å²) in [7, 11) is 0. The molecule has 0 radical (unpaired) electrons. The van der Waals surface area contributed by atoms with E-state index in [-0.39, 0.29) is 17.1 Å². The molecule has 162 valence electrons. The Balaban J connectivity index is 1.79. The molecule has 2 aliphatic rings. The van der Waals surface area contributed by atoms with Gasteiger partial charge in [0, 0.05) is 11.1 Å². The van der Waals surface area contributed by atoms with Gasteiger partial charge in [0.05, 0.1) is 16.9 Å². The lowest BCUT2D eigenvalue weighted by Crippen LogP contribution is -2.40. The second kappa shape index (κ2) is 7.80. The fraction of sp³-hybridized carbons (Fsp3) is 0.217. The van der Waals surface area contributed by atoms with Crippen LogP contribution in [0.3, 0.4) is 0 Å². The van der Waals surface area contributed by atoms with Crippen LogP contribution in [-0.2, 0) is 4.84 Å². The lowest BCUT2D eigenvalue weighted by atomic mass is 9.80. The average Bonchev–Trinajstić information content (AvgIpc) is 3.35. The largest absolute Gasteiger partial charge is 0.382 e. The van der Waals surface area contributed by atoms with Crippen LogP contribution in [0.25, 0.3) is 0 Å². The van der Waals surface area contributed by atoms with E-state index in [1.54, 1.807) is 18.1 Å². The van der Waals surface area contributed by atoms with E-state index in [0.717, 1.165) is 11.1 Å². The van der Waals surface area contributed by atoms with E-state index in [0.29, 0.717) is 16.6 Å². The number of halogens is 1. The Hall–Kier alpha value is -3.65. The first-order chi connectivity index (χ1) is 15.5. The minimum Gasteiger partial charge on any atom is -0.382 e. The second-order valence-corrected chi connectivity index (χ2v) is 8.15. The summed E-state index contributed by atoms with van der Waals surface area (Å²) in [4.78, 5) is 22.4. The molecule has 1 aromatic heterocycles. The maximum absolute atomic E-state index is 12.0. The highest BCUT2D eigenvalue weighted by molar-refractivity contribution is 6.31. The highest BCUT2D eigenvalue weighted by Gasteiger charge is 2.50. The third-order valence-electron chi connectivity index (χ3n) is 5.71. The molecule has 32 heavy (non-hydrogen) atoms. The molecule has 0 amide bonds. The molecular formula is C23H19ClN4O4. The number of allylic oxidation sites excluding steroid dienone is 1. The molecule has 3 heterocycles. The summed E-state index contributed by atoms with van der Waals surface area (Å²) < 4.78 is 5.61. The van der Waals surface area contributed by atoms with E-state index in [4.69, 9.17) is 26.0 Å². The number of rotatable bonds is 4. The van der Waals surface area contributed by atoms with Crippen LogP contribution in [0.4, 0.5) is 5.69 Å². The molecule has 0 saturated heterocycles. The van der Waals surface area contributed by atoms with E-state index >= 15 is 0 Å². The van der Waals surface area contributed by atoms with Gasteiger partial charge in [-0.3, -0.25) is 15.1 Å². The topological polar surface area (TPSA) is 94.0 Å². The highest BCUT2D eigenvalue weighted by atomic mass is 35.5. The number of aliphatic imine (C=N–C) groups is 1. The Labute approximate surface area is 188 Å². The number of hydrogen-bond donors (Lipinski definition) is 0. The van der Waals surface area contributed by atoms with Crippen LogP contribution in [0.2, 0.25) is 5.02 Å². The van der Waals surface area contributed by atoms with Crippen LogP contribution in [0, 0.1) is 17.0 Å². The van der Waals surface area contributed by atoms with Crippen molar-refractivity contribution in [3.05, 3.63) is 104 Å². The molecule has 0 unspecified atom stereocenters. The van der Waals surface area contributed by atoms with Crippen molar-refractivity contribution in [2.45, 2.75) is 31.8 Å². The molecule has 5 rings (SSSR count). The van der Waals surface area contributed by atoms with Crippen LogP contribution in [0.1, 0.15) is 47.5 Å². The predicted octanol–water partition coefficient (Wildman–Crippen LogP) is 5.67. The number of benzene rings is 2. The summed E-state index contributed by atoms with van der Waals surface area (Å²) in [6.07, 6.45) is 1.84. The Morgan fingerprint density at radius 1 is 1.09 bits per heavy atom. The van der Waals surface area contributed by atoms with Crippen LogP contribution >= 0.6 is 11.6 Å². The molecular weight excluding hydrogens is 432 g/mol. The van der Waals surface area contributed by atoms with Crippen molar-refractivity contribution >= 4 is 23.1 Å². The number of nitro groups is 1. The SMILES string of the molecule is CC1=CC2=N[C@@H](c3ccccc3)[C@@H](c3onc(C)c3[N+](=O)[O-])[C@H](c3ccccc3Cl)N2O1. The summed E-state index contributed by atoms with van der Waals surface area (Å²) in [5, 5.41) is 18.1. The predicted molar refractivity (Wildman–Crippen MR) is 118 cm³/mol. The molecule has 0 N–H and O–H groups in total. The quantitative estimate of drug-likeness (QED) is 0.375. The van der Waals surface area contributed by atoms with Crippen molar-refractivity contribution in [2.24, 2.45) is 4.99 Å². The van der Waals surface area contributed by atoms with Crippen molar-refractivity contribution in [1.29, 1.82) is 0 Å². The zero-order valence-corrected chi connectivity index (χ0v) is 18.1. The normalized spacial score (nSPS) is 22.1. The van der Waals surface area contributed by atoms with Gasteiger partial charge in [0.2, 0.25) is 5.76 Å². The molecule has 0 aliphatic carbocycles. The van der Waals surface area contributed by atoms with Gasteiger partial charge in [0.15, 0.2) is 11.5 Å².